The smallest absolute Gasteiger partial charge is 0.315 e. The standard InChI is InChI=1S/C20H31N3O2/c1-15(2)13-23-10-11-25-18(14-23)12-21-20(24)22-19(17-8-9-17)16-6-4-3-5-7-16/h3-7,15,17-19H,8-14H2,1-2H3,(H2,21,22,24)/t18-,19-/m1/s1. The van der Waals surface area contributed by atoms with Crippen LogP contribution in [0.4, 0.5) is 4.79 Å². The molecule has 1 aromatic carbocycles. The molecule has 1 aliphatic heterocycles. The maximum atomic E-state index is 12.4. The predicted octanol–water partition coefficient (Wildman–Crippen LogP) is 2.79. The second kappa shape index (κ2) is 8.68. The van der Waals surface area contributed by atoms with Gasteiger partial charge in [-0.3, -0.25) is 4.90 Å². The van der Waals surface area contributed by atoms with Crippen LogP contribution in [0, 0.1) is 11.8 Å². The highest BCUT2D eigenvalue weighted by atomic mass is 16.5. The van der Waals surface area contributed by atoms with E-state index in [1.807, 2.05) is 18.2 Å². The van der Waals surface area contributed by atoms with E-state index in [0.717, 1.165) is 26.2 Å². The second-order valence-corrected chi connectivity index (χ2v) is 7.73. The monoisotopic (exact) mass is 345 g/mol. The van der Waals surface area contributed by atoms with Crippen molar-refractivity contribution in [1.29, 1.82) is 0 Å². The predicted molar refractivity (Wildman–Crippen MR) is 99.5 cm³/mol. The highest BCUT2D eigenvalue weighted by Gasteiger charge is 2.33. The average Bonchev–Trinajstić information content (AvgIpc) is 3.43. The van der Waals surface area contributed by atoms with Gasteiger partial charge in [-0.15, -0.1) is 0 Å². The summed E-state index contributed by atoms with van der Waals surface area (Å²) in [5.41, 5.74) is 1.19. The van der Waals surface area contributed by atoms with Crippen molar-refractivity contribution in [3.05, 3.63) is 35.9 Å². The van der Waals surface area contributed by atoms with Gasteiger partial charge in [-0.2, -0.15) is 0 Å². The number of hydrogen-bond acceptors (Lipinski definition) is 3. The van der Waals surface area contributed by atoms with E-state index in [-0.39, 0.29) is 18.2 Å². The molecule has 2 atom stereocenters. The molecule has 1 aromatic rings. The maximum absolute atomic E-state index is 12.4. The van der Waals surface area contributed by atoms with Crippen LogP contribution in [0.2, 0.25) is 0 Å². The Morgan fingerprint density at radius 3 is 2.72 bits per heavy atom. The minimum absolute atomic E-state index is 0.0781. The Morgan fingerprint density at radius 2 is 2.04 bits per heavy atom. The molecule has 2 fully saturated rings. The molecule has 1 heterocycles. The Morgan fingerprint density at radius 1 is 1.28 bits per heavy atom. The molecule has 2 amide bonds. The lowest BCUT2D eigenvalue weighted by Crippen LogP contribution is -2.50. The molecule has 0 radical (unpaired) electrons. The van der Waals surface area contributed by atoms with Gasteiger partial charge in [0.2, 0.25) is 0 Å². The topological polar surface area (TPSA) is 53.6 Å². The van der Waals surface area contributed by atoms with Crippen molar-refractivity contribution in [2.45, 2.75) is 38.8 Å². The summed E-state index contributed by atoms with van der Waals surface area (Å²) in [5.74, 6) is 1.22. The normalized spacial score (nSPS) is 22.6. The van der Waals surface area contributed by atoms with Gasteiger partial charge in [-0.25, -0.2) is 4.79 Å². The highest BCUT2D eigenvalue weighted by molar-refractivity contribution is 5.74. The van der Waals surface area contributed by atoms with Gasteiger partial charge in [0.1, 0.15) is 0 Å². The van der Waals surface area contributed by atoms with E-state index in [1.54, 1.807) is 0 Å². The van der Waals surface area contributed by atoms with E-state index in [0.29, 0.717) is 18.4 Å². The molecular weight excluding hydrogens is 314 g/mol. The van der Waals surface area contributed by atoms with Gasteiger partial charge < -0.3 is 15.4 Å². The molecule has 138 valence electrons. The molecule has 5 nitrogen and oxygen atoms in total. The van der Waals surface area contributed by atoms with E-state index in [9.17, 15) is 4.79 Å². The number of benzene rings is 1. The third-order valence-electron chi connectivity index (χ3n) is 4.88. The molecular formula is C20H31N3O2. The van der Waals surface area contributed by atoms with Crippen LogP contribution in [0.15, 0.2) is 30.3 Å². The molecule has 3 rings (SSSR count). The maximum Gasteiger partial charge on any atom is 0.315 e. The van der Waals surface area contributed by atoms with E-state index in [1.165, 1.54) is 18.4 Å². The van der Waals surface area contributed by atoms with Crippen molar-refractivity contribution in [2.75, 3.05) is 32.8 Å². The van der Waals surface area contributed by atoms with Crippen LogP contribution < -0.4 is 10.6 Å². The molecule has 0 bridgehead atoms. The summed E-state index contributed by atoms with van der Waals surface area (Å²) >= 11 is 0. The largest absolute Gasteiger partial charge is 0.374 e. The number of ether oxygens (including phenoxy) is 1. The number of carbonyl (C=O) groups is 1. The lowest BCUT2D eigenvalue weighted by Gasteiger charge is -2.34. The van der Waals surface area contributed by atoms with Gasteiger partial charge in [0.05, 0.1) is 18.8 Å². The van der Waals surface area contributed by atoms with E-state index >= 15 is 0 Å². The summed E-state index contributed by atoms with van der Waals surface area (Å²) in [6.45, 7) is 8.74. The minimum Gasteiger partial charge on any atom is -0.374 e. The van der Waals surface area contributed by atoms with Crippen LogP contribution in [0.3, 0.4) is 0 Å². The van der Waals surface area contributed by atoms with E-state index in [2.05, 4.69) is 41.5 Å². The molecule has 1 aliphatic carbocycles. The molecule has 1 saturated carbocycles. The molecule has 25 heavy (non-hydrogen) atoms. The fourth-order valence-corrected chi connectivity index (χ4v) is 3.55. The first-order chi connectivity index (χ1) is 12.1. The van der Waals surface area contributed by atoms with Crippen LogP contribution in [0.5, 0.6) is 0 Å². The van der Waals surface area contributed by atoms with Gasteiger partial charge >= 0.3 is 6.03 Å². The zero-order chi connectivity index (χ0) is 17.6. The highest BCUT2D eigenvalue weighted by Crippen LogP contribution is 2.40. The first-order valence-corrected chi connectivity index (χ1v) is 9.55. The van der Waals surface area contributed by atoms with Crippen molar-refractivity contribution in [3.8, 4) is 0 Å². The molecule has 2 N–H and O–H groups in total. The van der Waals surface area contributed by atoms with Crippen LogP contribution in [-0.2, 0) is 4.74 Å². The Balaban J connectivity index is 1.45. The fraction of sp³-hybridized carbons (Fsp3) is 0.650. The number of urea groups is 1. The number of morpholine rings is 1. The number of hydrogen-bond donors (Lipinski definition) is 2. The molecule has 0 aromatic heterocycles. The first-order valence-electron chi connectivity index (χ1n) is 9.55. The van der Waals surface area contributed by atoms with Gasteiger partial charge in [-0.1, -0.05) is 44.2 Å². The van der Waals surface area contributed by atoms with E-state index < -0.39 is 0 Å². The summed E-state index contributed by atoms with van der Waals surface area (Å²) in [7, 11) is 0. The van der Waals surface area contributed by atoms with Crippen LogP contribution >= 0.6 is 0 Å². The Hall–Kier alpha value is -1.59. The zero-order valence-corrected chi connectivity index (χ0v) is 15.4. The van der Waals surface area contributed by atoms with Gasteiger partial charge in [0.25, 0.3) is 0 Å². The summed E-state index contributed by atoms with van der Waals surface area (Å²) in [5, 5.41) is 6.17. The summed E-state index contributed by atoms with van der Waals surface area (Å²) in [6, 6.07) is 10.3. The molecule has 0 spiro atoms. The summed E-state index contributed by atoms with van der Waals surface area (Å²) < 4.78 is 5.81. The number of rotatable bonds is 7. The number of nitrogens with zero attached hydrogens (tertiary/aromatic N) is 1. The zero-order valence-electron chi connectivity index (χ0n) is 15.4. The minimum atomic E-state index is -0.0923. The third-order valence-corrected chi connectivity index (χ3v) is 4.88. The first kappa shape index (κ1) is 18.2. The van der Waals surface area contributed by atoms with E-state index in [4.69, 9.17) is 4.74 Å². The molecule has 1 saturated heterocycles. The lowest BCUT2D eigenvalue weighted by molar-refractivity contribution is -0.0290. The number of nitrogens with one attached hydrogen (secondary N) is 2. The van der Waals surface area contributed by atoms with Gasteiger partial charge in [-0.05, 0) is 30.2 Å². The van der Waals surface area contributed by atoms with Crippen LogP contribution in [-0.4, -0.2) is 49.8 Å². The Labute approximate surface area is 151 Å². The summed E-state index contributed by atoms with van der Waals surface area (Å²) in [4.78, 5) is 14.8. The molecule has 2 aliphatic rings. The second-order valence-electron chi connectivity index (χ2n) is 7.73. The quantitative estimate of drug-likeness (QED) is 0.799. The van der Waals surface area contributed by atoms with Crippen molar-refractivity contribution >= 4 is 6.03 Å². The van der Waals surface area contributed by atoms with Gasteiger partial charge in [0, 0.05) is 26.2 Å². The third kappa shape index (κ3) is 5.72. The van der Waals surface area contributed by atoms with Gasteiger partial charge in [0.15, 0.2) is 0 Å². The average molecular weight is 345 g/mol. The van der Waals surface area contributed by atoms with Crippen LogP contribution in [0.25, 0.3) is 0 Å². The fourth-order valence-electron chi connectivity index (χ4n) is 3.55. The van der Waals surface area contributed by atoms with Crippen molar-refractivity contribution in [2.24, 2.45) is 11.8 Å². The Kier molecular flexibility index (Phi) is 6.32. The SMILES string of the molecule is CC(C)CN1CCO[C@H](CNC(=O)N[C@H](c2ccccc2)C2CC2)C1. The molecule has 0 unspecified atom stereocenters. The number of amides is 2. The van der Waals surface area contributed by atoms with Crippen molar-refractivity contribution < 1.29 is 9.53 Å². The number of carbonyl (C=O) groups excluding carboxylic acids is 1. The lowest BCUT2D eigenvalue weighted by atomic mass is 10.0. The Bertz CT molecular complexity index is 545. The van der Waals surface area contributed by atoms with Crippen LogP contribution in [0.1, 0.15) is 38.3 Å². The summed E-state index contributed by atoms with van der Waals surface area (Å²) in [6.07, 6.45) is 2.46. The molecule has 5 heteroatoms. The van der Waals surface area contributed by atoms with Crippen molar-refractivity contribution in [3.63, 3.8) is 0 Å². The van der Waals surface area contributed by atoms with Crippen molar-refractivity contribution in [1.82, 2.24) is 15.5 Å².